The zero-order chi connectivity index (χ0) is 23.9. The van der Waals surface area contributed by atoms with E-state index in [0.29, 0.717) is 35.3 Å². The highest BCUT2D eigenvalue weighted by molar-refractivity contribution is 6.00. The number of nitrogens with one attached hydrogen (secondary N) is 1. The smallest absolute Gasteiger partial charge is 0.255 e. The van der Waals surface area contributed by atoms with E-state index in [9.17, 15) is 4.79 Å². The van der Waals surface area contributed by atoms with Gasteiger partial charge in [0.2, 0.25) is 0 Å². The molecule has 0 saturated carbocycles. The van der Waals surface area contributed by atoms with E-state index in [1.54, 1.807) is 25.1 Å². The lowest BCUT2D eigenvalue weighted by atomic mass is 10.0. The first kappa shape index (κ1) is 23.8. The monoisotopic (exact) mass is 462 g/mol. The Hall–Kier alpha value is -3.32. The van der Waals surface area contributed by atoms with E-state index in [-0.39, 0.29) is 5.91 Å². The summed E-state index contributed by atoms with van der Waals surface area (Å²) in [6.07, 6.45) is 6.57. The molecule has 1 atom stereocenters. The Morgan fingerprint density at radius 2 is 1.88 bits per heavy atom. The summed E-state index contributed by atoms with van der Waals surface area (Å²) in [5.74, 6) is 1.10. The molecule has 2 aromatic carbocycles. The molecule has 1 aromatic heterocycles. The van der Waals surface area contributed by atoms with Crippen LogP contribution in [-0.2, 0) is 0 Å². The first-order valence-corrected chi connectivity index (χ1v) is 12.0. The highest BCUT2D eigenvalue weighted by Gasteiger charge is 2.21. The number of carbonyl (C=O) groups is 1. The van der Waals surface area contributed by atoms with Crippen LogP contribution in [0.4, 0.5) is 0 Å². The molecule has 7 heteroatoms. The number of hydrogen-bond acceptors (Lipinski definition) is 5. The summed E-state index contributed by atoms with van der Waals surface area (Å²) >= 11 is 0. The number of methoxy groups -OCH3 is 2. The fraction of sp³-hybridized carbons (Fsp3) is 0.407. The summed E-state index contributed by atoms with van der Waals surface area (Å²) in [6.45, 7) is 5.09. The van der Waals surface area contributed by atoms with Crippen LogP contribution in [0.15, 0.2) is 54.7 Å². The summed E-state index contributed by atoms with van der Waals surface area (Å²) in [4.78, 5) is 15.8. The minimum absolute atomic E-state index is 0.126. The van der Waals surface area contributed by atoms with Gasteiger partial charge in [0.05, 0.1) is 25.5 Å². The maximum atomic E-state index is 13.2. The molecule has 1 fully saturated rings. The van der Waals surface area contributed by atoms with Crippen molar-refractivity contribution in [2.75, 3.05) is 33.9 Å². The number of benzene rings is 2. The zero-order valence-electron chi connectivity index (χ0n) is 20.3. The molecule has 2 heterocycles. The van der Waals surface area contributed by atoms with Crippen molar-refractivity contribution in [3.63, 3.8) is 0 Å². The number of para-hydroxylation sites is 1. The van der Waals surface area contributed by atoms with E-state index < -0.39 is 0 Å². The molecule has 1 saturated heterocycles. The van der Waals surface area contributed by atoms with Crippen molar-refractivity contribution in [3.05, 3.63) is 60.3 Å². The summed E-state index contributed by atoms with van der Waals surface area (Å²) in [5, 5.41) is 7.87. The van der Waals surface area contributed by atoms with Crippen molar-refractivity contribution in [1.82, 2.24) is 20.0 Å². The molecule has 180 valence electrons. The highest BCUT2D eigenvalue weighted by Crippen LogP contribution is 2.33. The van der Waals surface area contributed by atoms with Crippen LogP contribution in [-0.4, -0.2) is 60.5 Å². The van der Waals surface area contributed by atoms with Gasteiger partial charge in [-0.2, -0.15) is 5.10 Å². The molecule has 3 aromatic rings. The standard InChI is InChI=1S/C27H34N4O3/c1-20-10-7-8-16-30(20)17-9-15-28-27(32)23-19-31(22-11-5-4-6-12-22)29-26(23)21-13-14-24(33-2)25(18-21)34-3/h4-6,11-14,18-20H,7-10,15-17H2,1-3H3,(H,28,32). The second-order valence-corrected chi connectivity index (χ2v) is 8.73. The summed E-state index contributed by atoms with van der Waals surface area (Å²) < 4.78 is 12.6. The first-order chi connectivity index (χ1) is 16.6. The van der Waals surface area contributed by atoms with Gasteiger partial charge in [-0.15, -0.1) is 0 Å². The fourth-order valence-corrected chi connectivity index (χ4v) is 4.52. The third-order valence-corrected chi connectivity index (χ3v) is 6.48. The van der Waals surface area contributed by atoms with Crippen LogP contribution in [0.3, 0.4) is 0 Å². The number of amides is 1. The van der Waals surface area contributed by atoms with Crippen molar-refractivity contribution in [2.45, 2.75) is 38.6 Å². The van der Waals surface area contributed by atoms with Gasteiger partial charge in [-0.1, -0.05) is 24.6 Å². The van der Waals surface area contributed by atoms with Crippen LogP contribution in [0.2, 0.25) is 0 Å². The van der Waals surface area contributed by atoms with Crippen molar-refractivity contribution in [3.8, 4) is 28.4 Å². The molecule has 1 unspecified atom stereocenters. The van der Waals surface area contributed by atoms with Gasteiger partial charge in [-0.3, -0.25) is 4.79 Å². The molecule has 0 bridgehead atoms. The van der Waals surface area contributed by atoms with Gasteiger partial charge in [0.1, 0.15) is 5.69 Å². The second-order valence-electron chi connectivity index (χ2n) is 8.73. The minimum Gasteiger partial charge on any atom is -0.493 e. The van der Waals surface area contributed by atoms with Crippen LogP contribution in [0, 0.1) is 0 Å². The maximum absolute atomic E-state index is 13.2. The molecular weight excluding hydrogens is 428 g/mol. The molecule has 0 aliphatic carbocycles. The topological polar surface area (TPSA) is 68.6 Å². The number of hydrogen-bond donors (Lipinski definition) is 1. The van der Waals surface area contributed by atoms with Gasteiger partial charge in [0.25, 0.3) is 5.91 Å². The van der Waals surface area contributed by atoms with Gasteiger partial charge in [0, 0.05) is 30.9 Å². The third-order valence-electron chi connectivity index (χ3n) is 6.48. The lowest BCUT2D eigenvalue weighted by molar-refractivity contribution is 0.0949. The van der Waals surface area contributed by atoms with Crippen LogP contribution in [0.1, 0.15) is 43.0 Å². The summed E-state index contributed by atoms with van der Waals surface area (Å²) in [7, 11) is 3.20. The average Bonchev–Trinajstić information content (AvgIpc) is 3.33. The van der Waals surface area contributed by atoms with E-state index in [0.717, 1.165) is 30.8 Å². The Morgan fingerprint density at radius 3 is 2.62 bits per heavy atom. The summed E-state index contributed by atoms with van der Waals surface area (Å²) in [5.41, 5.74) is 2.82. The van der Waals surface area contributed by atoms with Gasteiger partial charge in [-0.25, -0.2) is 4.68 Å². The molecule has 7 nitrogen and oxygen atoms in total. The van der Waals surface area contributed by atoms with Crippen LogP contribution in [0.25, 0.3) is 16.9 Å². The van der Waals surface area contributed by atoms with E-state index in [2.05, 4.69) is 17.1 Å². The molecular formula is C27H34N4O3. The number of ether oxygens (including phenoxy) is 2. The molecule has 0 spiro atoms. The van der Waals surface area contributed by atoms with E-state index >= 15 is 0 Å². The van der Waals surface area contributed by atoms with Gasteiger partial charge >= 0.3 is 0 Å². The highest BCUT2D eigenvalue weighted by atomic mass is 16.5. The van der Waals surface area contributed by atoms with Crippen molar-refractivity contribution in [1.29, 1.82) is 0 Å². The molecule has 34 heavy (non-hydrogen) atoms. The summed E-state index contributed by atoms with van der Waals surface area (Å²) in [6, 6.07) is 16.0. The van der Waals surface area contributed by atoms with Crippen LogP contribution >= 0.6 is 0 Å². The number of aromatic nitrogens is 2. The second kappa shape index (κ2) is 11.2. The number of nitrogens with zero attached hydrogens (tertiary/aromatic N) is 3. The Balaban J connectivity index is 1.54. The number of piperidine rings is 1. The van der Waals surface area contributed by atoms with Gasteiger partial charge < -0.3 is 19.7 Å². The fourth-order valence-electron chi connectivity index (χ4n) is 4.52. The zero-order valence-corrected chi connectivity index (χ0v) is 20.3. The third kappa shape index (κ3) is 5.42. The van der Waals surface area contributed by atoms with E-state index in [4.69, 9.17) is 14.6 Å². The number of likely N-dealkylation sites (tertiary alicyclic amines) is 1. The molecule has 4 rings (SSSR count). The van der Waals surface area contributed by atoms with E-state index in [1.807, 2.05) is 48.5 Å². The molecule has 1 aliphatic heterocycles. The SMILES string of the molecule is COc1ccc(-c2nn(-c3ccccc3)cc2C(=O)NCCCN2CCCCC2C)cc1OC. The lowest BCUT2D eigenvalue weighted by Gasteiger charge is -2.33. The molecule has 1 aliphatic rings. The minimum atomic E-state index is -0.126. The van der Waals surface area contributed by atoms with Crippen LogP contribution < -0.4 is 14.8 Å². The van der Waals surface area contributed by atoms with Crippen LogP contribution in [0.5, 0.6) is 11.5 Å². The molecule has 1 amide bonds. The predicted molar refractivity (Wildman–Crippen MR) is 134 cm³/mol. The Kier molecular flexibility index (Phi) is 7.85. The Labute approximate surface area is 201 Å². The Morgan fingerprint density at radius 1 is 1.09 bits per heavy atom. The lowest BCUT2D eigenvalue weighted by Crippen LogP contribution is -2.39. The number of carbonyl (C=O) groups excluding carboxylic acids is 1. The average molecular weight is 463 g/mol. The largest absolute Gasteiger partial charge is 0.493 e. The predicted octanol–water partition coefficient (Wildman–Crippen LogP) is 4.55. The van der Waals surface area contributed by atoms with Crippen molar-refractivity contribution in [2.24, 2.45) is 0 Å². The maximum Gasteiger partial charge on any atom is 0.255 e. The molecule has 0 radical (unpaired) electrons. The van der Waals surface area contributed by atoms with Crippen molar-refractivity contribution >= 4 is 5.91 Å². The van der Waals surface area contributed by atoms with Gasteiger partial charge in [-0.05, 0) is 63.1 Å². The Bertz CT molecular complexity index is 1100. The molecule has 1 N–H and O–H groups in total. The van der Waals surface area contributed by atoms with E-state index in [1.165, 1.54) is 19.3 Å². The normalized spacial score (nSPS) is 16.3. The van der Waals surface area contributed by atoms with Crippen molar-refractivity contribution < 1.29 is 14.3 Å². The van der Waals surface area contributed by atoms with Gasteiger partial charge in [0.15, 0.2) is 11.5 Å². The number of rotatable bonds is 9. The quantitative estimate of drug-likeness (QED) is 0.473. The first-order valence-electron chi connectivity index (χ1n) is 12.0.